The van der Waals surface area contributed by atoms with Crippen molar-refractivity contribution in [2.45, 2.75) is 37.9 Å². The first-order chi connectivity index (χ1) is 9.67. The number of rotatable bonds is 8. The summed E-state index contributed by atoms with van der Waals surface area (Å²) >= 11 is 0. The Kier molecular flexibility index (Phi) is 5.40. The van der Waals surface area contributed by atoms with Crippen LogP contribution in [0.4, 0.5) is 0 Å². The first-order valence-corrected chi connectivity index (χ1v) is 7.31. The van der Waals surface area contributed by atoms with Crippen LogP contribution < -0.4 is 10.5 Å². The highest BCUT2D eigenvalue weighted by molar-refractivity contribution is 5.29. The Labute approximate surface area is 121 Å². The number of hydrogen-bond donors (Lipinski definition) is 1. The maximum absolute atomic E-state index is 6.44. The molecule has 0 aliphatic heterocycles. The van der Waals surface area contributed by atoms with Crippen LogP contribution in [0.5, 0.6) is 5.75 Å². The summed E-state index contributed by atoms with van der Waals surface area (Å²) in [5.41, 5.74) is 7.60. The molecule has 0 spiro atoms. The zero-order chi connectivity index (χ0) is 14.5. The molecule has 0 bridgehead atoms. The van der Waals surface area contributed by atoms with Gasteiger partial charge in [0, 0.05) is 31.8 Å². The van der Waals surface area contributed by atoms with Gasteiger partial charge in [0.05, 0.1) is 13.7 Å². The van der Waals surface area contributed by atoms with E-state index in [1.807, 2.05) is 12.1 Å². The van der Waals surface area contributed by atoms with E-state index in [-0.39, 0.29) is 6.04 Å². The molecular weight excluding hydrogens is 252 g/mol. The summed E-state index contributed by atoms with van der Waals surface area (Å²) in [5, 5.41) is 0. The average Bonchev–Trinajstić information content (AvgIpc) is 3.31. The molecule has 2 rings (SSSR count). The maximum atomic E-state index is 6.44. The molecule has 1 aliphatic rings. The lowest BCUT2D eigenvalue weighted by molar-refractivity contribution is 0.109. The Morgan fingerprint density at radius 1 is 1.25 bits per heavy atom. The first-order valence-electron chi connectivity index (χ1n) is 7.31. The van der Waals surface area contributed by atoms with E-state index < -0.39 is 0 Å². The van der Waals surface area contributed by atoms with Crippen molar-refractivity contribution in [3.05, 3.63) is 29.8 Å². The van der Waals surface area contributed by atoms with E-state index in [1.54, 1.807) is 14.2 Å². The molecule has 1 aromatic rings. The van der Waals surface area contributed by atoms with Crippen LogP contribution in [-0.2, 0) is 4.74 Å². The molecule has 2 unspecified atom stereocenters. The minimum atomic E-state index is 0.0124. The topological polar surface area (TPSA) is 47.7 Å². The van der Waals surface area contributed by atoms with Gasteiger partial charge in [-0.3, -0.25) is 4.90 Å². The van der Waals surface area contributed by atoms with E-state index in [0.717, 1.165) is 24.5 Å². The van der Waals surface area contributed by atoms with E-state index >= 15 is 0 Å². The molecule has 1 fully saturated rings. The molecule has 1 aromatic carbocycles. The Balaban J connectivity index is 2.02. The molecule has 0 aromatic heterocycles. The second-order valence-corrected chi connectivity index (χ2v) is 5.50. The van der Waals surface area contributed by atoms with Crippen molar-refractivity contribution in [2.24, 2.45) is 5.73 Å². The fourth-order valence-electron chi connectivity index (χ4n) is 2.63. The predicted octanol–water partition coefficient (Wildman–Crippen LogP) is 2.19. The van der Waals surface area contributed by atoms with Crippen LogP contribution in [0.2, 0.25) is 0 Å². The fourth-order valence-corrected chi connectivity index (χ4v) is 2.63. The minimum Gasteiger partial charge on any atom is -0.497 e. The zero-order valence-electron chi connectivity index (χ0n) is 12.7. The predicted molar refractivity (Wildman–Crippen MR) is 81.0 cm³/mol. The standard InChI is InChI=1S/C16H26N2O2/c1-12(18(10-11-19-2)14-6-7-14)16(17)13-4-8-15(20-3)9-5-13/h4-5,8-9,12,14,16H,6-7,10-11,17H2,1-3H3. The quantitative estimate of drug-likeness (QED) is 0.792. The van der Waals surface area contributed by atoms with Gasteiger partial charge in [0.15, 0.2) is 0 Å². The Morgan fingerprint density at radius 3 is 2.40 bits per heavy atom. The van der Waals surface area contributed by atoms with Gasteiger partial charge in [-0.1, -0.05) is 12.1 Å². The molecule has 112 valence electrons. The number of ether oxygens (including phenoxy) is 2. The highest BCUT2D eigenvalue weighted by atomic mass is 16.5. The highest BCUT2D eigenvalue weighted by Gasteiger charge is 2.34. The summed E-state index contributed by atoms with van der Waals surface area (Å²) in [6.07, 6.45) is 2.56. The molecule has 2 N–H and O–H groups in total. The van der Waals surface area contributed by atoms with E-state index in [4.69, 9.17) is 15.2 Å². The molecule has 2 atom stereocenters. The molecule has 4 nitrogen and oxygen atoms in total. The monoisotopic (exact) mass is 278 g/mol. The summed E-state index contributed by atoms with van der Waals surface area (Å²) in [6.45, 7) is 3.92. The van der Waals surface area contributed by atoms with Crippen LogP contribution in [0.15, 0.2) is 24.3 Å². The van der Waals surface area contributed by atoms with E-state index in [0.29, 0.717) is 12.1 Å². The third-order valence-corrected chi connectivity index (χ3v) is 4.11. The summed E-state index contributed by atoms with van der Waals surface area (Å²) in [4.78, 5) is 2.48. The van der Waals surface area contributed by atoms with Crippen molar-refractivity contribution in [3.8, 4) is 5.75 Å². The van der Waals surface area contributed by atoms with Crippen LogP contribution in [0, 0.1) is 0 Å². The number of methoxy groups -OCH3 is 2. The van der Waals surface area contributed by atoms with Crippen LogP contribution >= 0.6 is 0 Å². The molecule has 20 heavy (non-hydrogen) atoms. The van der Waals surface area contributed by atoms with Crippen LogP contribution in [0.25, 0.3) is 0 Å². The molecule has 0 heterocycles. The molecular formula is C16H26N2O2. The zero-order valence-corrected chi connectivity index (χ0v) is 12.7. The van der Waals surface area contributed by atoms with Crippen molar-refractivity contribution < 1.29 is 9.47 Å². The molecule has 0 radical (unpaired) electrons. The Hall–Kier alpha value is -1.10. The highest BCUT2D eigenvalue weighted by Crippen LogP contribution is 2.32. The molecule has 1 aliphatic carbocycles. The first kappa shape index (κ1) is 15.3. The third-order valence-electron chi connectivity index (χ3n) is 4.11. The molecule has 1 saturated carbocycles. The van der Waals surface area contributed by atoms with Gasteiger partial charge in [-0.2, -0.15) is 0 Å². The van der Waals surface area contributed by atoms with Crippen molar-refractivity contribution >= 4 is 0 Å². The molecule has 0 saturated heterocycles. The molecule has 0 amide bonds. The van der Waals surface area contributed by atoms with Crippen LogP contribution in [-0.4, -0.2) is 44.4 Å². The van der Waals surface area contributed by atoms with Crippen molar-refractivity contribution in [3.63, 3.8) is 0 Å². The summed E-state index contributed by atoms with van der Waals surface area (Å²) < 4.78 is 10.4. The number of hydrogen-bond acceptors (Lipinski definition) is 4. The lowest BCUT2D eigenvalue weighted by atomic mass is 10.00. The van der Waals surface area contributed by atoms with Crippen LogP contribution in [0.1, 0.15) is 31.4 Å². The van der Waals surface area contributed by atoms with Crippen molar-refractivity contribution in [1.82, 2.24) is 4.90 Å². The Morgan fingerprint density at radius 2 is 1.90 bits per heavy atom. The van der Waals surface area contributed by atoms with Gasteiger partial charge in [-0.25, -0.2) is 0 Å². The van der Waals surface area contributed by atoms with Crippen molar-refractivity contribution in [2.75, 3.05) is 27.4 Å². The number of benzene rings is 1. The van der Waals surface area contributed by atoms with Gasteiger partial charge in [0.2, 0.25) is 0 Å². The van der Waals surface area contributed by atoms with Gasteiger partial charge >= 0.3 is 0 Å². The normalized spacial score (nSPS) is 18.1. The van der Waals surface area contributed by atoms with Gasteiger partial charge in [0.25, 0.3) is 0 Å². The largest absolute Gasteiger partial charge is 0.497 e. The summed E-state index contributed by atoms with van der Waals surface area (Å²) in [5.74, 6) is 0.868. The summed E-state index contributed by atoms with van der Waals surface area (Å²) in [6, 6.07) is 9.06. The maximum Gasteiger partial charge on any atom is 0.118 e. The number of nitrogens with two attached hydrogens (primary N) is 1. The van der Waals surface area contributed by atoms with E-state index in [9.17, 15) is 0 Å². The van der Waals surface area contributed by atoms with Gasteiger partial charge in [0.1, 0.15) is 5.75 Å². The second-order valence-electron chi connectivity index (χ2n) is 5.50. The Bertz CT molecular complexity index is 403. The second kappa shape index (κ2) is 7.07. The van der Waals surface area contributed by atoms with Gasteiger partial charge < -0.3 is 15.2 Å². The van der Waals surface area contributed by atoms with E-state index in [1.165, 1.54) is 12.8 Å². The SMILES string of the molecule is COCCN(C1CC1)C(C)C(N)c1ccc(OC)cc1. The lowest BCUT2D eigenvalue weighted by Crippen LogP contribution is -2.43. The van der Waals surface area contributed by atoms with Gasteiger partial charge in [-0.05, 0) is 37.5 Å². The lowest BCUT2D eigenvalue weighted by Gasteiger charge is -2.33. The number of nitrogens with zero attached hydrogens (tertiary/aromatic N) is 1. The van der Waals surface area contributed by atoms with Gasteiger partial charge in [-0.15, -0.1) is 0 Å². The fraction of sp³-hybridized carbons (Fsp3) is 0.625. The average molecular weight is 278 g/mol. The smallest absolute Gasteiger partial charge is 0.118 e. The summed E-state index contributed by atoms with van der Waals surface area (Å²) in [7, 11) is 3.43. The third kappa shape index (κ3) is 3.72. The molecule has 4 heteroatoms. The minimum absolute atomic E-state index is 0.0124. The van der Waals surface area contributed by atoms with E-state index in [2.05, 4.69) is 24.0 Å². The van der Waals surface area contributed by atoms with Crippen LogP contribution in [0.3, 0.4) is 0 Å². The van der Waals surface area contributed by atoms with Crippen molar-refractivity contribution in [1.29, 1.82) is 0 Å².